The molecule has 0 saturated carbocycles. The van der Waals surface area contributed by atoms with Crippen molar-refractivity contribution in [2.45, 2.75) is 23.0 Å². The molecule has 1 unspecified atom stereocenters. The maximum atomic E-state index is 11.5. The molecule has 7 heteroatoms. The third-order valence-corrected chi connectivity index (χ3v) is 4.69. The van der Waals surface area contributed by atoms with E-state index in [2.05, 4.69) is 9.97 Å². The van der Waals surface area contributed by atoms with Gasteiger partial charge in [-0.3, -0.25) is 0 Å². The van der Waals surface area contributed by atoms with Gasteiger partial charge in [0.15, 0.2) is 15.0 Å². The Morgan fingerprint density at radius 1 is 1.24 bits per heavy atom. The predicted octanol–water partition coefficient (Wildman–Crippen LogP) is 2.29. The van der Waals surface area contributed by atoms with Crippen molar-refractivity contribution in [1.29, 1.82) is 0 Å². The Kier molecular flexibility index (Phi) is 4.65. The number of aromatic nitrogens is 2. The molecule has 0 aliphatic rings. The average Bonchev–Trinajstić information content (AvgIpc) is 2.45. The van der Waals surface area contributed by atoms with Gasteiger partial charge >= 0.3 is 0 Å². The Morgan fingerprint density at radius 2 is 1.86 bits per heavy atom. The number of thioether (sulfide) groups is 1. The SMILES string of the molecule is CSc1ncc(-c2ccc(S(C)(=O)=O)cc2)c(C(C)N)n1. The van der Waals surface area contributed by atoms with Crippen LogP contribution in [0, 0.1) is 0 Å². The van der Waals surface area contributed by atoms with E-state index in [0.29, 0.717) is 5.16 Å². The van der Waals surface area contributed by atoms with Crippen molar-refractivity contribution in [2.75, 3.05) is 12.5 Å². The molecule has 21 heavy (non-hydrogen) atoms. The number of sulfone groups is 1. The molecular weight excluding hydrogens is 306 g/mol. The molecule has 0 aliphatic heterocycles. The van der Waals surface area contributed by atoms with Crippen molar-refractivity contribution in [2.24, 2.45) is 5.73 Å². The summed E-state index contributed by atoms with van der Waals surface area (Å²) < 4.78 is 23.0. The van der Waals surface area contributed by atoms with Crippen LogP contribution in [0.25, 0.3) is 11.1 Å². The van der Waals surface area contributed by atoms with Gasteiger partial charge in [0.05, 0.1) is 10.6 Å². The summed E-state index contributed by atoms with van der Waals surface area (Å²) in [5, 5.41) is 0.666. The molecule has 0 amide bonds. The second kappa shape index (κ2) is 6.13. The summed E-state index contributed by atoms with van der Waals surface area (Å²) in [7, 11) is -3.20. The van der Waals surface area contributed by atoms with E-state index in [1.807, 2.05) is 13.2 Å². The molecule has 2 aromatic rings. The van der Waals surface area contributed by atoms with Crippen LogP contribution in [0.5, 0.6) is 0 Å². The lowest BCUT2D eigenvalue weighted by atomic mass is 10.0. The second-order valence-corrected chi connectivity index (χ2v) is 7.53. The standard InChI is InChI=1S/C14H17N3O2S2/c1-9(15)13-12(8-16-14(17-13)20-2)10-4-6-11(7-5-10)21(3,18)19/h4-9H,15H2,1-3H3. The number of hydrogen-bond donors (Lipinski definition) is 1. The normalized spacial score (nSPS) is 13.1. The van der Waals surface area contributed by atoms with Crippen LogP contribution in [0.2, 0.25) is 0 Å². The third kappa shape index (κ3) is 3.61. The van der Waals surface area contributed by atoms with Crippen LogP contribution < -0.4 is 5.73 Å². The topological polar surface area (TPSA) is 85.9 Å². The van der Waals surface area contributed by atoms with Crippen LogP contribution in [-0.4, -0.2) is 30.9 Å². The number of rotatable bonds is 4. The first-order valence-electron chi connectivity index (χ1n) is 6.30. The van der Waals surface area contributed by atoms with Crippen molar-refractivity contribution >= 4 is 21.6 Å². The first-order chi connectivity index (χ1) is 9.82. The molecule has 112 valence electrons. The lowest BCUT2D eigenvalue weighted by Gasteiger charge is -2.12. The van der Waals surface area contributed by atoms with Gasteiger partial charge in [-0.2, -0.15) is 0 Å². The Labute approximate surface area is 128 Å². The van der Waals surface area contributed by atoms with E-state index in [9.17, 15) is 8.42 Å². The summed E-state index contributed by atoms with van der Waals surface area (Å²) in [6, 6.07) is 6.43. The second-order valence-electron chi connectivity index (χ2n) is 4.74. The molecule has 0 bridgehead atoms. The minimum Gasteiger partial charge on any atom is -0.323 e. The van der Waals surface area contributed by atoms with Crippen LogP contribution in [-0.2, 0) is 9.84 Å². The van der Waals surface area contributed by atoms with E-state index in [4.69, 9.17) is 5.73 Å². The Hall–Kier alpha value is -1.44. The van der Waals surface area contributed by atoms with Crippen LogP contribution >= 0.6 is 11.8 Å². The van der Waals surface area contributed by atoms with Crippen molar-refractivity contribution in [3.8, 4) is 11.1 Å². The lowest BCUT2D eigenvalue weighted by Crippen LogP contribution is -2.10. The van der Waals surface area contributed by atoms with E-state index in [1.54, 1.807) is 30.5 Å². The van der Waals surface area contributed by atoms with Gasteiger partial charge in [-0.15, -0.1) is 0 Å². The van der Waals surface area contributed by atoms with Crippen molar-refractivity contribution in [1.82, 2.24) is 9.97 Å². The van der Waals surface area contributed by atoms with E-state index in [-0.39, 0.29) is 10.9 Å². The molecule has 5 nitrogen and oxygen atoms in total. The zero-order valence-corrected chi connectivity index (χ0v) is 13.7. The summed E-state index contributed by atoms with van der Waals surface area (Å²) in [5.41, 5.74) is 8.40. The summed E-state index contributed by atoms with van der Waals surface area (Å²) in [4.78, 5) is 9.00. The fourth-order valence-electron chi connectivity index (χ4n) is 1.93. The Bertz CT molecular complexity index is 741. The maximum absolute atomic E-state index is 11.5. The van der Waals surface area contributed by atoms with Gasteiger partial charge in [0, 0.05) is 24.1 Å². The van der Waals surface area contributed by atoms with Crippen LogP contribution in [0.15, 0.2) is 40.5 Å². The predicted molar refractivity (Wildman–Crippen MR) is 85.0 cm³/mol. The molecule has 2 rings (SSSR count). The summed E-state index contributed by atoms with van der Waals surface area (Å²) in [5.74, 6) is 0. The zero-order valence-electron chi connectivity index (χ0n) is 12.1. The zero-order chi connectivity index (χ0) is 15.6. The van der Waals surface area contributed by atoms with Crippen LogP contribution in [0.3, 0.4) is 0 Å². The molecule has 0 spiro atoms. The number of nitrogens with zero attached hydrogens (tertiary/aromatic N) is 2. The van der Waals surface area contributed by atoms with Crippen LogP contribution in [0.4, 0.5) is 0 Å². The molecule has 2 N–H and O–H groups in total. The van der Waals surface area contributed by atoms with Gasteiger partial charge in [-0.25, -0.2) is 18.4 Å². The van der Waals surface area contributed by atoms with Gasteiger partial charge in [0.25, 0.3) is 0 Å². The molecule has 1 heterocycles. The first-order valence-corrected chi connectivity index (χ1v) is 9.41. The van der Waals surface area contributed by atoms with Crippen LogP contribution in [0.1, 0.15) is 18.7 Å². The van der Waals surface area contributed by atoms with Crippen molar-refractivity contribution in [3.63, 3.8) is 0 Å². The molecule has 0 fully saturated rings. The molecule has 0 saturated heterocycles. The maximum Gasteiger partial charge on any atom is 0.187 e. The monoisotopic (exact) mass is 323 g/mol. The number of benzene rings is 1. The highest BCUT2D eigenvalue weighted by molar-refractivity contribution is 7.98. The summed E-state index contributed by atoms with van der Waals surface area (Å²) in [6.45, 7) is 1.86. The molecule has 0 aliphatic carbocycles. The minimum absolute atomic E-state index is 0.233. The highest BCUT2D eigenvalue weighted by atomic mass is 32.2. The fraction of sp³-hybridized carbons (Fsp3) is 0.286. The fourth-order valence-corrected chi connectivity index (χ4v) is 2.91. The highest BCUT2D eigenvalue weighted by Crippen LogP contribution is 2.27. The third-order valence-electron chi connectivity index (χ3n) is 3.00. The summed E-state index contributed by atoms with van der Waals surface area (Å²) >= 11 is 1.45. The largest absolute Gasteiger partial charge is 0.323 e. The van der Waals surface area contributed by atoms with Gasteiger partial charge in [0.2, 0.25) is 0 Å². The highest BCUT2D eigenvalue weighted by Gasteiger charge is 2.14. The van der Waals surface area contributed by atoms with Gasteiger partial charge in [-0.1, -0.05) is 23.9 Å². The van der Waals surface area contributed by atoms with Crippen molar-refractivity contribution in [3.05, 3.63) is 36.2 Å². The Morgan fingerprint density at radius 3 is 2.33 bits per heavy atom. The van der Waals surface area contributed by atoms with Gasteiger partial charge in [0.1, 0.15) is 0 Å². The van der Waals surface area contributed by atoms with Gasteiger partial charge < -0.3 is 5.73 Å². The smallest absolute Gasteiger partial charge is 0.187 e. The van der Waals surface area contributed by atoms with Gasteiger partial charge in [-0.05, 0) is 30.9 Å². The molecule has 1 aromatic carbocycles. The number of hydrogen-bond acceptors (Lipinski definition) is 6. The average molecular weight is 323 g/mol. The number of nitrogens with two attached hydrogens (primary N) is 1. The van der Waals surface area contributed by atoms with E-state index in [1.165, 1.54) is 18.0 Å². The molecule has 0 radical (unpaired) electrons. The molecule has 1 aromatic heterocycles. The quantitative estimate of drug-likeness (QED) is 0.686. The first kappa shape index (κ1) is 15.9. The molecular formula is C14H17N3O2S2. The van der Waals surface area contributed by atoms with E-state index in [0.717, 1.165) is 16.8 Å². The van der Waals surface area contributed by atoms with E-state index >= 15 is 0 Å². The lowest BCUT2D eigenvalue weighted by molar-refractivity contribution is 0.602. The summed E-state index contributed by atoms with van der Waals surface area (Å²) in [6.07, 6.45) is 4.82. The Balaban J connectivity index is 2.51. The van der Waals surface area contributed by atoms with E-state index < -0.39 is 9.84 Å². The minimum atomic E-state index is -3.20. The molecule has 1 atom stereocenters. The van der Waals surface area contributed by atoms with Crippen molar-refractivity contribution < 1.29 is 8.42 Å².